The Morgan fingerprint density at radius 2 is 1.79 bits per heavy atom. The van der Waals surface area contributed by atoms with E-state index in [1.54, 1.807) is 25.3 Å². The molecule has 6 nitrogen and oxygen atoms in total. The van der Waals surface area contributed by atoms with Gasteiger partial charge in [0, 0.05) is 38.2 Å². The van der Waals surface area contributed by atoms with E-state index >= 15 is 0 Å². The Kier molecular flexibility index (Phi) is 7.03. The van der Waals surface area contributed by atoms with Gasteiger partial charge in [-0.25, -0.2) is 4.98 Å². The number of benzene rings is 2. The van der Waals surface area contributed by atoms with E-state index in [4.69, 9.17) is 9.47 Å². The average molecular weight is 393 g/mol. The Morgan fingerprint density at radius 1 is 1.07 bits per heavy atom. The fraction of sp³-hybridized carbons (Fsp3) is 0.304. The van der Waals surface area contributed by atoms with Gasteiger partial charge in [-0.15, -0.1) is 0 Å². The normalized spacial score (nSPS) is 10.7. The quantitative estimate of drug-likeness (QED) is 0.558. The first-order chi connectivity index (χ1) is 14.1. The molecule has 0 aliphatic heterocycles. The van der Waals surface area contributed by atoms with E-state index in [-0.39, 0.29) is 5.91 Å². The Hall–Kier alpha value is -3.12. The number of amides is 1. The average Bonchev–Trinajstić information content (AvgIpc) is 3.18. The standard InChI is InChI=1S/C23H27N3O3/c1-18-4-8-20(9-5-18)23(27)26(14-15-28-2)17-22-24-12-13-25(22)16-19-6-10-21(29-3)11-7-19/h4-13H,14-17H2,1-3H3. The Morgan fingerprint density at radius 3 is 2.45 bits per heavy atom. The van der Waals surface area contributed by atoms with Crippen molar-refractivity contribution >= 4 is 5.91 Å². The number of imidazole rings is 1. The number of hydrogen-bond acceptors (Lipinski definition) is 4. The zero-order valence-electron chi connectivity index (χ0n) is 17.2. The molecule has 1 heterocycles. The second-order valence-electron chi connectivity index (χ2n) is 6.90. The zero-order valence-corrected chi connectivity index (χ0v) is 17.2. The van der Waals surface area contributed by atoms with E-state index in [0.29, 0.717) is 31.8 Å². The summed E-state index contributed by atoms with van der Waals surface area (Å²) in [7, 11) is 3.29. The number of methoxy groups -OCH3 is 2. The van der Waals surface area contributed by atoms with Crippen LogP contribution in [0, 0.1) is 6.92 Å². The fourth-order valence-electron chi connectivity index (χ4n) is 3.07. The second-order valence-corrected chi connectivity index (χ2v) is 6.90. The highest BCUT2D eigenvalue weighted by atomic mass is 16.5. The summed E-state index contributed by atoms with van der Waals surface area (Å²) in [5.41, 5.74) is 2.93. The maximum Gasteiger partial charge on any atom is 0.254 e. The van der Waals surface area contributed by atoms with Gasteiger partial charge >= 0.3 is 0 Å². The van der Waals surface area contributed by atoms with Crippen LogP contribution in [0.25, 0.3) is 0 Å². The number of aromatic nitrogens is 2. The van der Waals surface area contributed by atoms with E-state index in [1.165, 1.54) is 0 Å². The molecule has 0 radical (unpaired) electrons. The molecule has 0 aliphatic carbocycles. The number of rotatable bonds is 9. The molecule has 0 saturated carbocycles. The van der Waals surface area contributed by atoms with Crippen LogP contribution >= 0.6 is 0 Å². The molecule has 1 aromatic heterocycles. The lowest BCUT2D eigenvalue weighted by Crippen LogP contribution is -2.34. The summed E-state index contributed by atoms with van der Waals surface area (Å²) in [6.45, 7) is 4.07. The van der Waals surface area contributed by atoms with E-state index in [2.05, 4.69) is 9.55 Å². The summed E-state index contributed by atoms with van der Waals surface area (Å²) in [6, 6.07) is 15.6. The lowest BCUT2D eigenvalue weighted by molar-refractivity contribution is 0.0673. The molecule has 6 heteroatoms. The fourth-order valence-corrected chi connectivity index (χ4v) is 3.07. The first kappa shape index (κ1) is 20.6. The Bertz CT molecular complexity index is 917. The van der Waals surface area contributed by atoms with Crippen molar-refractivity contribution in [1.29, 1.82) is 0 Å². The third kappa shape index (κ3) is 5.45. The maximum absolute atomic E-state index is 13.0. The van der Waals surface area contributed by atoms with E-state index < -0.39 is 0 Å². The summed E-state index contributed by atoms with van der Waals surface area (Å²) in [5, 5.41) is 0. The molecular formula is C23H27N3O3. The molecule has 0 saturated heterocycles. The van der Waals surface area contributed by atoms with Crippen LogP contribution in [-0.2, 0) is 17.8 Å². The largest absolute Gasteiger partial charge is 0.497 e. The van der Waals surface area contributed by atoms with E-state index in [9.17, 15) is 4.79 Å². The van der Waals surface area contributed by atoms with Crippen LogP contribution in [0.2, 0.25) is 0 Å². The Balaban J connectivity index is 1.76. The van der Waals surface area contributed by atoms with Gasteiger partial charge < -0.3 is 18.9 Å². The molecule has 152 valence electrons. The van der Waals surface area contributed by atoms with Crippen molar-refractivity contribution in [2.24, 2.45) is 0 Å². The summed E-state index contributed by atoms with van der Waals surface area (Å²) >= 11 is 0. The first-order valence-electron chi connectivity index (χ1n) is 9.58. The molecule has 3 aromatic rings. The van der Waals surface area contributed by atoms with Gasteiger partial charge in [0.2, 0.25) is 0 Å². The molecule has 0 atom stereocenters. The van der Waals surface area contributed by atoms with Crippen molar-refractivity contribution in [3.63, 3.8) is 0 Å². The highest BCUT2D eigenvalue weighted by Gasteiger charge is 2.18. The van der Waals surface area contributed by atoms with Gasteiger partial charge in [-0.05, 0) is 36.8 Å². The molecule has 0 fully saturated rings. The topological polar surface area (TPSA) is 56.6 Å². The van der Waals surface area contributed by atoms with Gasteiger partial charge in [0.15, 0.2) is 0 Å². The summed E-state index contributed by atoms with van der Waals surface area (Å²) in [5.74, 6) is 1.63. The van der Waals surface area contributed by atoms with Crippen LogP contribution in [0.3, 0.4) is 0 Å². The monoisotopic (exact) mass is 393 g/mol. The van der Waals surface area contributed by atoms with Crippen LogP contribution in [0.4, 0.5) is 0 Å². The molecule has 0 spiro atoms. The van der Waals surface area contributed by atoms with E-state index in [0.717, 1.165) is 22.7 Å². The number of hydrogen-bond donors (Lipinski definition) is 0. The molecule has 0 aliphatic rings. The van der Waals surface area contributed by atoms with Crippen molar-refractivity contribution in [3.05, 3.63) is 83.4 Å². The number of carbonyl (C=O) groups excluding carboxylic acids is 1. The highest BCUT2D eigenvalue weighted by molar-refractivity contribution is 5.94. The van der Waals surface area contributed by atoms with Crippen molar-refractivity contribution in [3.8, 4) is 5.75 Å². The summed E-state index contributed by atoms with van der Waals surface area (Å²) in [6.07, 6.45) is 3.70. The smallest absolute Gasteiger partial charge is 0.254 e. The van der Waals surface area contributed by atoms with Gasteiger partial charge in [0.05, 0.1) is 20.3 Å². The molecular weight excluding hydrogens is 366 g/mol. The predicted molar refractivity (Wildman–Crippen MR) is 112 cm³/mol. The number of ether oxygens (including phenoxy) is 2. The van der Waals surface area contributed by atoms with Crippen LogP contribution in [0.15, 0.2) is 60.9 Å². The minimum atomic E-state index is -0.0268. The highest BCUT2D eigenvalue weighted by Crippen LogP contribution is 2.15. The number of carbonyl (C=O) groups is 1. The van der Waals surface area contributed by atoms with Crippen LogP contribution in [-0.4, -0.2) is 47.7 Å². The van der Waals surface area contributed by atoms with Gasteiger partial charge in [-0.1, -0.05) is 29.8 Å². The third-order valence-electron chi connectivity index (χ3n) is 4.80. The Labute approximate surface area is 171 Å². The van der Waals surface area contributed by atoms with Crippen LogP contribution in [0.1, 0.15) is 27.3 Å². The van der Waals surface area contributed by atoms with Crippen molar-refractivity contribution < 1.29 is 14.3 Å². The molecule has 0 bridgehead atoms. The molecule has 0 N–H and O–H groups in total. The minimum absolute atomic E-state index is 0.0268. The van der Waals surface area contributed by atoms with E-state index in [1.807, 2.05) is 61.7 Å². The molecule has 1 amide bonds. The van der Waals surface area contributed by atoms with Crippen molar-refractivity contribution in [1.82, 2.24) is 14.5 Å². The molecule has 2 aromatic carbocycles. The van der Waals surface area contributed by atoms with Gasteiger partial charge in [0.1, 0.15) is 11.6 Å². The van der Waals surface area contributed by atoms with Crippen LogP contribution in [0.5, 0.6) is 5.75 Å². The first-order valence-corrected chi connectivity index (χ1v) is 9.58. The zero-order chi connectivity index (χ0) is 20.6. The third-order valence-corrected chi connectivity index (χ3v) is 4.80. The number of nitrogens with zero attached hydrogens (tertiary/aromatic N) is 3. The summed E-state index contributed by atoms with van der Waals surface area (Å²) in [4.78, 5) is 19.3. The SMILES string of the molecule is COCCN(Cc1nccn1Cc1ccc(OC)cc1)C(=O)c1ccc(C)cc1. The van der Waals surface area contributed by atoms with Gasteiger partial charge in [-0.2, -0.15) is 0 Å². The van der Waals surface area contributed by atoms with Gasteiger partial charge in [0.25, 0.3) is 5.91 Å². The summed E-state index contributed by atoms with van der Waals surface area (Å²) < 4.78 is 12.5. The molecule has 29 heavy (non-hydrogen) atoms. The van der Waals surface area contributed by atoms with Crippen molar-refractivity contribution in [2.45, 2.75) is 20.0 Å². The number of aryl methyl sites for hydroxylation is 1. The molecule has 3 rings (SSSR count). The van der Waals surface area contributed by atoms with Crippen LogP contribution < -0.4 is 4.74 Å². The maximum atomic E-state index is 13.0. The van der Waals surface area contributed by atoms with Crippen molar-refractivity contribution in [2.75, 3.05) is 27.4 Å². The predicted octanol–water partition coefficient (Wildman–Crippen LogP) is 3.54. The lowest BCUT2D eigenvalue weighted by atomic mass is 10.1. The van der Waals surface area contributed by atoms with Gasteiger partial charge in [-0.3, -0.25) is 4.79 Å². The second kappa shape index (κ2) is 9.89. The minimum Gasteiger partial charge on any atom is -0.497 e. The lowest BCUT2D eigenvalue weighted by Gasteiger charge is -2.23. The molecule has 0 unspecified atom stereocenters.